The normalized spacial score (nSPS) is 29.6. The van der Waals surface area contributed by atoms with Crippen molar-refractivity contribution in [1.82, 2.24) is 10.2 Å². The van der Waals surface area contributed by atoms with Gasteiger partial charge in [0.25, 0.3) is 0 Å². The number of likely N-dealkylation sites (tertiary alicyclic amines) is 1. The van der Waals surface area contributed by atoms with E-state index >= 15 is 0 Å². The molecule has 2 heterocycles. The van der Waals surface area contributed by atoms with Gasteiger partial charge >= 0.3 is 0 Å². The van der Waals surface area contributed by atoms with Gasteiger partial charge in [-0.05, 0) is 39.2 Å². The van der Waals surface area contributed by atoms with Crippen LogP contribution in [0.25, 0.3) is 0 Å². The summed E-state index contributed by atoms with van der Waals surface area (Å²) in [6.07, 6.45) is 2.63. The number of amides is 1. The minimum Gasteiger partial charge on any atom is -0.369 e. The van der Waals surface area contributed by atoms with E-state index in [9.17, 15) is 4.79 Å². The van der Waals surface area contributed by atoms with Gasteiger partial charge in [0.1, 0.15) is 6.61 Å². The summed E-state index contributed by atoms with van der Waals surface area (Å²) >= 11 is 0. The Balaban J connectivity index is 1.80. The standard InChI is InChI=1S/C12H22N2O2/c1-9(2)16-8-12(15)14-6-10-4-3-5-13-11(10)7-14/h9-11,13H,3-8H2,1-2H3/t10-,11+/m0/s1. The Morgan fingerprint density at radius 3 is 3.00 bits per heavy atom. The zero-order valence-electron chi connectivity index (χ0n) is 10.2. The van der Waals surface area contributed by atoms with E-state index in [0.717, 1.165) is 19.6 Å². The van der Waals surface area contributed by atoms with Crippen LogP contribution >= 0.6 is 0 Å². The predicted octanol–water partition coefficient (Wildman–Crippen LogP) is 0.622. The topological polar surface area (TPSA) is 41.6 Å². The third-order valence-electron chi connectivity index (χ3n) is 3.49. The van der Waals surface area contributed by atoms with Crippen LogP contribution in [0.1, 0.15) is 26.7 Å². The molecule has 4 heteroatoms. The summed E-state index contributed by atoms with van der Waals surface area (Å²) in [6.45, 7) is 7.03. The number of nitrogens with one attached hydrogen (secondary N) is 1. The molecule has 0 aliphatic carbocycles. The average Bonchev–Trinajstić information content (AvgIpc) is 2.69. The SMILES string of the molecule is CC(C)OCC(=O)N1C[C@@H]2CCCN[C@@H]2C1. The molecule has 2 fully saturated rings. The van der Waals surface area contributed by atoms with Crippen molar-refractivity contribution < 1.29 is 9.53 Å². The number of fused-ring (bicyclic) bond motifs is 1. The van der Waals surface area contributed by atoms with Gasteiger partial charge in [0, 0.05) is 19.1 Å². The fourth-order valence-corrected chi connectivity index (χ4v) is 2.58. The van der Waals surface area contributed by atoms with Gasteiger partial charge in [0.15, 0.2) is 0 Å². The molecule has 2 atom stereocenters. The van der Waals surface area contributed by atoms with E-state index in [0.29, 0.717) is 12.0 Å². The van der Waals surface area contributed by atoms with Crippen LogP contribution < -0.4 is 5.32 Å². The molecule has 2 aliphatic heterocycles. The fraction of sp³-hybridized carbons (Fsp3) is 0.917. The average molecular weight is 226 g/mol. The van der Waals surface area contributed by atoms with Crippen LogP contribution in [-0.4, -0.2) is 49.2 Å². The Morgan fingerprint density at radius 2 is 2.31 bits per heavy atom. The highest BCUT2D eigenvalue weighted by atomic mass is 16.5. The van der Waals surface area contributed by atoms with Gasteiger partial charge in [-0.15, -0.1) is 0 Å². The third-order valence-corrected chi connectivity index (χ3v) is 3.49. The molecule has 92 valence electrons. The molecule has 16 heavy (non-hydrogen) atoms. The van der Waals surface area contributed by atoms with Gasteiger partial charge in [0.2, 0.25) is 5.91 Å². The van der Waals surface area contributed by atoms with Gasteiger partial charge < -0.3 is 15.0 Å². The van der Waals surface area contributed by atoms with Gasteiger partial charge in [0.05, 0.1) is 6.10 Å². The van der Waals surface area contributed by atoms with E-state index in [4.69, 9.17) is 4.74 Å². The number of hydrogen-bond acceptors (Lipinski definition) is 3. The first-order valence-electron chi connectivity index (χ1n) is 6.29. The summed E-state index contributed by atoms with van der Waals surface area (Å²) in [5, 5.41) is 3.50. The molecule has 0 aromatic heterocycles. The lowest BCUT2D eigenvalue weighted by molar-refractivity contribution is -0.136. The van der Waals surface area contributed by atoms with Crippen LogP contribution in [0.5, 0.6) is 0 Å². The van der Waals surface area contributed by atoms with Crippen molar-refractivity contribution in [2.75, 3.05) is 26.2 Å². The maximum absolute atomic E-state index is 11.9. The lowest BCUT2D eigenvalue weighted by atomic mass is 9.94. The molecule has 1 amide bonds. The van der Waals surface area contributed by atoms with Gasteiger partial charge in [-0.2, -0.15) is 0 Å². The first kappa shape index (κ1) is 11.9. The molecule has 2 aliphatic rings. The molecule has 0 bridgehead atoms. The molecule has 0 spiro atoms. The van der Waals surface area contributed by atoms with Crippen molar-refractivity contribution in [3.05, 3.63) is 0 Å². The highest BCUT2D eigenvalue weighted by molar-refractivity contribution is 5.77. The first-order chi connectivity index (χ1) is 7.66. The maximum atomic E-state index is 11.9. The van der Waals surface area contributed by atoms with Crippen molar-refractivity contribution in [3.63, 3.8) is 0 Å². The highest BCUT2D eigenvalue weighted by Crippen LogP contribution is 2.24. The zero-order chi connectivity index (χ0) is 11.5. The number of rotatable bonds is 3. The quantitative estimate of drug-likeness (QED) is 0.767. The van der Waals surface area contributed by atoms with Crippen LogP contribution in [0, 0.1) is 5.92 Å². The largest absolute Gasteiger partial charge is 0.369 e. The molecule has 0 saturated carbocycles. The van der Waals surface area contributed by atoms with E-state index < -0.39 is 0 Å². The summed E-state index contributed by atoms with van der Waals surface area (Å²) in [4.78, 5) is 13.8. The highest BCUT2D eigenvalue weighted by Gasteiger charge is 2.36. The first-order valence-corrected chi connectivity index (χ1v) is 6.29. The van der Waals surface area contributed by atoms with E-state index in [-0.39, 0.29) is 18.6 Å². The molecule has 0 unspecified atom stereocenters. The summed E-state index contributed by atoms with van der Waals surface area (Å²) in [7, 11) is 0. The number of carbonyl (C=O) groups is 1. The van der Waals surface area contributed by atoms with E-state index in [1.54, 1.807) is 0 Å². The summed E-state index contributed by atoms with van der Waals surface area (Å²) in [6, 6.07) is 0.525. The number of hydrogen-bond donors (Lipinski definition) is 1. The van der Waals surface area contributed by atoms with Crippen molar-refractivity contribution in [1.29, 1.82) is 0 Å². The Hall–Kier alpha value is -0.610. The molecule has 0 aromatic carbocycles. The second-order valence-electron chi connectivity index (χ2n) is 5.12. The number of nitrogens with zero attached hydrogens (tertiary/aromatic N) is 1. The lowest BCUT2D eigenvalue weighted by Crippen LogP contribution is -2.41. The van der Waals surface area contributed by atoms with Gasteiger partial charge in [-0.3, -0.25) is 4.79 Å². The molecular weight excluding hydrogens is 204 g/mol. The molecule has 2 rings (SSSR count). The summed E-state index contributed by atoms with van der Waals surface area (Å²) in [5.74, 6) is 0.807. The fourth-order valence-electron chi connectivity index (χ4n) is 2.58. The number of piperidine rings is 1. The summed E-state index contributed by atoms with van der Waals surface area (Å²) < 4.78 is 5.36. The van der Waals surface area contributed by atoms with Crippen molar-refractivity contribution in [2.24, 2.45) is 5.92 Å². The second kappa shape index (κ2) is 5.15. The second-order valence-corrected chi connectivity index (χ2v) is 5.12. The molecule has 4 nitrogen and oxygen atoms in total. The predicted molar refractivity (Wildman–Crippen MR) is 62.2 cm³/mol. The van der Waals surface area contributed by atoms with Gasteiger partial charge in [-0.1, -0.05) is 0 Å². The number of carbonyl (C=O) groups excluding carboxylic acids is 1. The lowest BCUT2D eigenvalue weighted by Gasteiger charge is -2.24. The smallest absolute Gasteiger partial charge is 0.248 e. The summed E-state index contributed by atoms with van der Waals surface area (Å²) in [5.41, 5.74) is 0. The molecule has 0 aromatic rings. The molecule has 2 saturated heterocycles. The minimum absolute atomic E-state index is 0.131. The Bertz CT molecular complexity index is 241. The molecule has 1 N–H and O–H groups in total. The zero-order valence-corrected chi connectivity index (χ0v) is 10.2. The van der Waals surface area contributed by atoms with Crippen LogP contribution in [0.3, 0.4) is 0 Å². The maximum Gasteiger partial charge on any atom is 0.248 e. The van der Waals surface area contributed by atoms with Crippen LogP contribution in [0.15, 0.2) is 0 Å². The van der Waals surface area contributed by atoms with Crippen LogP contribution in [0.4, 0.5) is 0 Å². The van der Waals surface area contributed by atoms with Gasteiger partial charge in [-0.25, -0.2) is 0 Å². The van der Waals surface area contributed by atoms with E-state index in [1.807, 2.05) is 18.7 Å². The van der Waals surface area contributed by atoms with E-state index in [2.05, 4.69) is 5.32 Å². The monoisotopic (exact) mass is 226 g/mol. The van der Waals surface area contributed by atoms with Crippen molar-refractivity contribution >= 4 is 5.91 Å². The molecular formula is C12H22N2O2. The minimum atomic E-state index is 0.131. The Morgan fingerprint density at radius 1 is 1.50 bits per heavy atom. The number of ether oxygens (including phenoxy) is 1. The van der Waals surface area contributed by atoms with Crippen LogP contribution in [0.2, 0.25) is 0 Å². The Kier molecular flexibility index (Phi) is 3.82. The van der Waals surface area contributed by atoms with Crippen molar-refractivity contribution in [3.8, 4) is 0 Å². The van der Waals surface area contributed by atoms with Crippen molar-refractivity contribution in [2.45, 2.75) is 38.8 Å². The third kappa shape index (κ3) is 2.74. The van der Waals surface area contributed by atoms with Crippen LogP contribution in [-0.2, 0) is 9.53 Å². The van der Waals surface area contributed by atoms with E-state index in [1.165, 1.54) is 12.8 Å². The molecule has 0 radical (unpaired) electrons. The Labute approximate surface area is 97.3 Å².